The number of guanidine groups is 1. The number of anilines is 1. The molecular weight excluding hydrogens is 505 g/mol. The zero-order valence-corrected chi connectivity index (χ0v) is 21.6. The minimum absolute atomic E-state index is 0.0280. The van der Waals surface area contributed by atoms with Gasteiger partial charge < -0.3 is 21.1 Å². The number of nitrogens with zero attached hydrogens (tertiary/aromatic N) is 4. The number of benzene rings is 2. The summed E-state index contributed by atoms with van der Waals surface area (Å²) in [5, 5.41) is 6.85. The van der Waals surface area contributed by atoms with Crippen LogP contribution in [0, 0.1) is 0 Å². The van der Waals surface area contributed by atoms with Crippen LogP contribution in [0.1, 0.15) is 24.5 Å². The lowest BCUT2D eigenvalue weighted by molar-refractivity contribution is 0.414. The second-order valence-corrected chi connectivity index (χ2v) is 8.79. The van der Waals surface area contributed by atoms with Gasteiger partial charge in [0.2, 0.25) is 5.95 Å². The first-order chi connectivity index (χ1) is 17.3. The maximum absolute atomic E-state index is 13.5. The van der Waals surface area contributed by atoms with Gasteiger partial charge in [-0.15, -0.1) is 0 Å². The van der Waals surface area contributed by atoms with Gasteiger partial charge in [0, 0.05) is 29.7 Å². The normalized spacial score (nSPS) is 11.4. The zero-order valence-electron chi connectivity index (χ0n) is 20.1. The van der Waals surface area contributed by atoms with Gasteiger partial charge in [0.1, 0.15) is 5.75 Å². The van der Waals surface area contributed by atoms with Crippen LogP contribution in [0.5, 0.6) is 5.75 Å². The number of rotatable bonds is 11. The Balaban J connectivity index is 1.90. The van der Waals surface area contributed by atoms with Crippen molar-refractivity contribution in [3.63, 3.8) is 0 Å². The summed E-state index contributed by atoms with van der Waals surface area (Å²) in [6.45, 7) is 3.56. The summed E-state index contributed by atoms with van der Waals surface area (Å²) < 4.78 is 7.66. The molecule has 10 nitrogen and oxygen atoms in total. The third kappa shape index (κ3) is 7.50. The SMILES string of the molecule is CCCN=C(N)NCCNc1nc(=O)n(Cc2cc(Cl)cc(Cl)c2)c(=O)n1Cc1ccc(OC)cc1. The van der Waals surface area contributed by atoms with Gasteiger partial charge in [0.15, 0.2) is 5.96 Å². The molecule has 0 spiro atoms. The fourth-order valence-electron chi connectivity index (χ4n) is 3.39. The first-order valence-electron chi connectivity index (χ1n) is 11.4. The Hall–Kier alpha value is -3.50. The number of aliphatic imine (C=N–C) groups is 1. The van der Waals surface area contributed by atoms with Crippen molar-refractivity contribution in [2.75, 3.05) is 32.1 Å². The second kappa shape index (κ2) is 13.0. The molecule has 192 valence electrons. The lowest BCUT2D eigenvalue weighted by atomic mass is 10.2. The second-order valence-electron chi connectivity index (χ2n) is 7.92. The van der Waals surface area contributed by atoms with E-state index in [1.165, 1.54) is 4.57 Å². The topological polar surface area (TPSA) is 129 Å². The molecule has 0 saturated carbocycles. The first kappa shape index (κ1) is 27.1. The van der Waals surface area contributed by atoms with Gasteiger partial charge in [0.25, 0.3) is 0 Å². The van der Waals surface area contributed by atoms with Crippen LogP contribution in [-0.4, -0.2) is 46.8 Å². The monoisotopic (exact) mass is 533 g/mol. The lowest BCUT2D eigenvalue weighted by Crippen LogP contribution is -2.44. The van der Waals surface area contributed by atoms with Gasteiger partial charge in [0.05, 0.1) is 20.2 Å². The lowest BCUT2D eigenvalue weighted by Gasteiger charge is -2.16. The number of aromatic nitrogens is 3. The van der Waals surface area contributed by atoms with Crippen molar-refractivity contribution in [3.05, 3.63) is 84.6 Å². The molecule has 4 N–H and O–H groups in total. The summed E-state index contributed by atoms with van der Waals surface area (Å²) >= 11 is 12.2. The molecule has 36 heavy (non-hydrogen) atoms. The summed E-state index contributed by atoms with van der Waals surface area (Å²) in [6, 6.07) is 12.2. The van der Waals surface area contributed by atoms with Gasteiger partial charge >= 0.3 is 11.4 Å². The number of halogens is 2. The third-order valence-electron chi connectivity index (χ3n) is 5.13. The fourth-order valence-corrected chi connectivity index (χ4v) is 3.96. The molecule has 2 aromatic carbocycles. The van der Waals surface area contributed by atoms with Crippen molar-refractivity contribution in [1.82, 2.24) is 19.4 Å². The van der Waals surface area contributed by atoms with Crippen molar-refractivity contribution >= 4 is 35.1 Å². The largest absolute Gasteiger partial charge is 0.497 e. The Kier molecular flexibility index (Phi) is 9.77. The van der Waals surface area contributed by atoms with Crippen molar-refractivity contribution in [2.45, 2.75) is 26.4 Å². The van der Waals surface area contributed by atoms with E-state index in [4.69, 9.17) is 33.7 Å². The Morgan fingerprint density at radius 2 is 1.69 bits per heavy atom. The van der Waals surface area contributed by atoms with E-state index in [-0.39, 0.29) is 19.0 Å². The van der Waals surface area contributed by atoms with Gasteiger partial charge in [-0.25, -0.2) is 14.2 Å². The molecule has 3 rings (SSSR count). The fraction of sp³-hybridized carbons (Fsp3) is 0.333. The van der Waals surface area contributed by atoms with Crippen molar-refractivity contribution in [3.8, 4) is 5.75 Å². The van der Waals surface area contributed by atoms with E-state index < -0.39 is 11.4 Å². The number of nitrogens with one attached hydrogen (secondary N) is 2. The minimum atomic E-state index is -0.693. The van der Waals surface area contributed by atoms with Crippen LogP contribution in [-0.2, 0) is 13.1 Å². The Morgan fingerprint density at radius 3 is 2.33 bits per heavy atom. The molecule has 3 aromatic rings. The average Bonchev–Trinajstić information content (AvgIpc) is 2.85. The van der Waals surface area contributed by atoms with Gasteiger partial charge in [-0.3, -0.25) is 9.56 Å². The molecule has 0 amide bonds. The molecular formula is C24H29Cl2N7O3. The minimum Gasteiger partial charge on any atom is -0.497 e. The van der Waals surface area contributed by atoms with Crippen LogP contribution in [0.2, 0.25) is 10.0 Å². The molecule has 1 heterocycles. The van der Waals surface area contributed by atoms with Crippen LogP contribution >= 0.6 is 23.2 Å². The highest BCUT2D eigenvalue weighted by Gasteiger charge is 2.15. The molecule has 0 aliphatic rings. The smallest absolute Gasteiger partial charge is 0.355 e. The number of nitrogens with two attached hydrogens (primary N) is 1. The zero-order chi connectivity index (χ0) is 26.1. The molecule has 12 heteroatoms. The predicted octanol–water partition coefficient (Wildman–Crippen LogP) is 2.54. The number of methoxy groups -OCH3 is 1. The summed E-state index contributed by atoms with van der Waals surface area (Å²) in [5.41, 5.74) is 6.03. The van der Waals surface area contributed by atoms with E-state index in [1.807, 2.05) is 19.1 Å². The van der Waals surface area contributed by atoms with E-state index in [0.29, 0.717) is 47.0 Å². The van der Waals surface area contributed by atoms with Gasteiger partial charge in [-0.05, 0) is 47.9 Å². The number of hydrogen-bond donors (Lipinski definition) is 3. The summed E-state index contributed by atoms with van der Waals surface area (Å²) in [4.78, 5) is 34.6. The Bertz CT molecular complexity index is 1300. The van der Waals surface area contributed by atoms with Crippen molar-refractivity contribution in [1.29, 1.82) is 0 Å². The van der Waals surface area contributed by atoms with E-state index in [0.717, 1.165) is 16.6 Å². The summed E-state index contributed by atoms with van der Waals surface area (Å²) in [6.07, 6.45) is 0.889. The van der Waals surface area contributed by atoms with Crippen LogP contribution in [0.4, 0.5) is 5.95 Å². The quantitative estimate of drug-likeness (QED) is 0.196. The standard InChI is InChI=1S/C24H29Cl2N7O3/c1-3-8-28-21(27)29-9-10-30-22-31-23(34)33(15-17-11-18(25)13-19(26)12-17)24(35)32(22)14-16-4-6-20(36-2)7-5-16/h4-7,11-13H,3,8-10,14-15H2,1-2H3,(H3,27,28,29)(H,30,31,34). The van der Waals surface area contributed by atoms with Crippen LogP contribution < -0.4 is 32.5 Å². The highest BCUT2D eigenvalue weighted by atomic mass is 35.5. The van der Waals surface area contributed by atoms with Crippen molar-refractivity contribution < 1.29 is 4.74 Å². The van der Waals surface area contributed by atoms with Crippen molar-refractivity contribution in [2.24, 2.45) is 10.7 Å². The van der Waals surface area contributed by atoms with Crippen LogP contribution in [0.3, 0.4) is 0 Å². The molecule has 0 radical (unpaired) electrons. The van der Waals surface area contributed by atoms with E-state index in [9.17, 15) is 9.59 Å². The Labute approximate surface area is 218 Å². The molecule has 1 aromatic heterocycles. The van der Waals surface area contributed by atoms with Crippen LogP contribution in [0.15, 0.2) is 57.0 Å². The first-order valence-corrected chi connectivity index (χ1v) is 12.1. The molecule has 0 atom stereocenters. The molecule has 0 aliphatic heterocycles. The van der Waals surface area contributed by atoms with Gasteiger partial charge in [-0.1, -0.05) is 42.3 Å². The Morgan fingerprint density at radius 1 is 1.03 bits per heavy atom. The van der Waals surface area contributed by atoms with Gasteiger partial charge in [-0.2, -0.15) is 4.98 Å². The maximum Gasteiger partial charge on any atom is 0.355 e. The van der Waals surface area contributed by atoms with E-state index in [2.05, 4.69) is 20.6 Å². The highest BCUT2D eigenvalue weighted by Crippen LogP contribution is 2.19. The summed E-state index contributed by atoms with van der Waals surface area (Å²) in [5.74, 6) is 1.17. The van der Waals surface area contributed by atoms with E-state index >= 15 is 0 Å². The third-order valence-corrected chi connectivity index (χ3v) is 5.57. The molecule has 0 unspecified atom stereocenters. The number of ether oxygens (including phenoxy) is 1. The molecule has 0 saturated heterocycles. The van der Waals surface area contributed by atoms with E-state index in [1.54, 1.807) is 37.4 Å². The van der Waals surface area contributed by atoms with Crippen LogP contribution in [0.25, 0.3) is 0 Å². The maximum atomic E-state index is 13.5. The average molecular weight is 534 g/mol. The molecule has 0 aliphatic carbocycles. The summed E-state index contributed by atoms with van der Waals surface area (Å²) in [7, 11) is 1.58. The molecule has 0 fully saturated rings. The predicted molar refractivity (Wildman–Crippen MR) is 144 cm³/mol. The highest BCUT2D eigenvalue weighted by molar-refractivity contribution is 6.34. The molecule has 0 bridgehead atoms. The number of hydrogen-bond acceptors (Lipinski definition) is 6.